The second-order valence-corrected chi connectivity index (χ2v) is 7.49. The lowest BCUT2D eigenvalue weighted by Gasteiger charge is -2.13. The number of nitrogens with one attached hydrogen (secondary N) is 1. The molecule has 0 spiro atoms. The number of nitriles is 1. The molecule has 0 aliphatic heterocycles. The molecule has 0 fully saturated rings. The van der Waals surface area contributed by atoms with E-state index in [2.05, 4.69) is 21.6 Å². The van der Waals surface area contributed by atoms with E-state index in [4.69, 9.17) is 4.74 Å². The number of para-hydroxylation sites is 1. The van der Waals surface area contributed by atoms with Crippen LogP contribution in [0.3, 0.4) is 0 Å². The van der Waals surface area contributed by atoms with Gasteiger partial charge in [0, 0.05) is 12.1 Å². The summed E-state index contributed by atoms with van der Waals surface area (Å²) in [7, 11) is 1.62. The predicted octanol–water partition coefficient (Wildman–Crippen LogP) is 3.96. The second kappa shape index (κ2) is 9.26. The van der Waals surface area contributed by atoms with Crippen molar-refractivity contribution in [1.29, 1.82) is 5.26 Å². The fourth-order valence-corrected chi connectivity index (χ4v) is 3.66. The molecule has 0 saturated carbocycles. The number of ether oxygens (including phenoxy) is 1. The fraction of sp³-hybridized carbons (Fsp3) is 0.238. The molecule has 1 amide bonds. The Bertz CT molecular complexity index is 1040. The third-order valence-corrected chi connectivity index (χ3v) is 5.42. The number of carbonyl (C=O) groups excluding carboxylic acids is 1. The average Bonchev–Trinajstić information content (AvgIpc) is 3.16. The van der Waals surface area contributed by atoms with Crippen molar-refractivity contribution >= 4 is 23.4 Å². The molecule has 1 heterocycles. The summed E-state index contributed by atoms with van der Waals surface area (Å²) < 4.78 is 7.17. The number of aromatic nitrogens is 3. The van der Waals surface area contributed by atoms with E-state index in [1.54, 1.807) is 38.3 Å². The number of anilines is 1. The van der Waals surface area contributed by atoms with Gasteiger partial charge in [0.15, 0.2) is 11.0 Å². The molecule has 0 unspecified atom stereocenters. The first-order valence-corrected chi connectivity index (χ1v) is 9.99. The highest BCUT2D eigenvalue weighted by atomic mass is 32.2. The van der Waals surface area contributed by atoms with E-state index in [9.17, 15) is 10.1 Å². The zero-order valence-electron chi connectivity index (χ0n) is 16.4. The molecular formula is C21H21N5O2S. The topological polar surface area (TPSA) is 92.8 Å². The molecule has 0 bridgehead atoms. The molecule has 1 N–H and O–H groups in total. The van der Waals surface area contributed by atoms with Crippen LogP contribution in [-0.2, 0) is 11.3 Å². The number of methoxy groups -OCH3 is 1. The Morgan fingerprint density at radius 1 is 1.24 bits per heavy atom. The van der Waals surface area contributed by atoms with Crippen LogP contribution in [0.1, 0.15) is 19.4 Å². The van der Waals surface area contributed by atoms with Crippen LogP contribution in [0.5, 0.6) is 5.75 Å². The highest BCUT2D eigenvalue weighted by Gasteiger charge is 2.21. The summed E-state index contributed by atoms with van der Waals surface area (Å²) in [6.45, 7) is 4.48. The molecule has 0 aliphatic rings. The van der Waals surface area contributed by atoms with Gasteiger partial charge in [-0.05, 0) is 50.2 Å². The summed E-state index contributed by atoms with van der Waals surface area (Å²) in [5, 5.41) is 20.8. The number of thioether (sulfide) groups is 1. The van der Waals surface area contributed by atoms with Crippen molar-refractivity contribution in [2.24, 2.45) is 0 Å². The van der Waals surface area contributed by atoms with Crippen molar-refractivity contribution in [3.05, 3.63) is 54.1 Å². The molecule has 3 aromatic rings. The Labute approximate surface area is 173 Å². The highest BCUT2D eigenvalue weighted by molar-refractivity contribution is 8.00. The molecule has 0 aliphatic carbocycles. The standard InChI is InChI=1S/C21H21N5O2S/c1-4-26-19(15-9-11-17(28-3)12-10-15)24-25-21(26)29-14(2)20(27)23-18-8-6-5-7-16(18)13-22/h5-12,14H,4H2,1-3H3,(H,23,27)/t14-/m0/s1. The van der Waals surface area contributed by atoms with Crippen LogP contribution < -0.4 is 10.1 Å². The normalized spacial score (nSPS) is 11.5. The molecule has 3 rings (SSSR count). The third kappa shape index (κ3) is 4.58. The molecule has 29 heavy (non-hydrogen) atoms. The van der Waals surface area contributed by atoms with Gasteiger partial charge in [0.2, 0.25) is 5.91 Å². The SMILES string of the molecule is CCn1c(S[C@@H](C)C(=O)Nc2ccccc2C#N)nnc1-c1ccc(OC)cc1. The van der Waals surface area contributed by atoms with Crippen LogP contribution in [0, 0.1) is 11.3 Å². The van der Waals surface area contributed by atoms with Crippen LogP contribution >= 0.6 is 11.8 Å². The molecule has 0 radical (unpaired) electrons. The number of hydrogen-bond acceptors (Lipinski definition) is 6. The Morgan fingerprint density at radius 2 is 1.97 bits per heavy atom. The maximum absolute atomic E-state index is 12.6. The zero-order chi connectivity index (χ0) is 20.8. The van der Waals surface area contributed by atoms with Gasteiger partial charge in [-0.2, -0.15) is 5.26 Å². The van der Waals surface area contributed by atoms with Gasteiger partial charge in [-0.25, -0.2) is 0 Å². The summed E-state index contributed by atoms with van der Waals surface area (Å²) in [4.78, 5) is 12.6. The quantitative estimate of drug-likeness (QED) is 0.596. The van der Waals surface area contributed by atoms with Crippen LogP contribution in [0.15, 0.2) is 53.7 Å². The lowest BCUT2D eigenvalue weighted by Crippen LogP contribution is -2.23. The Kier molecular flexibility index (Phi) is 6.52. The summed E-state index contributed by atoms with van der Waals surface area (Å²) in [6.07, 6.45) is 0. The van der Waals surface area contributed by atoms with Gasteiger partial charge in [0.25, 0.3) is 0 Å². The van der Waals surface area contributed by atoms with E-state index in [0.717, 1.165) is 17.1 Å². The predicted molar refractivity (Wildman–Crippen MR) is 113 cm³/mol. The molecule has 7 nitrogen and oxygen atoms in total. The average molecular weight is 407 g/mol. The number of nitrogens with zero attached hydrogens (tertiary/aromatic N) is 4. The van der Waals surface area contributed by atoms with Crippen LogP contribution in [0.4, 0.5) is 5.69 Å². The van der Waals surface area contributed by atoms with Crippen LogP contribution in [0.2, 0.25) is 0 Å². The molecule has 2 aromatic carbocycles. The first kappa shape index (κ1) is 20.4. The van der Waals surface area contributed by atoms with E-state index in [-0.39, 0.29) is 5.91 Å². The van der Waals surface area contributed by atoms with Crippen molar-refractivity contribution in [1.82, 2.24) is 14.8 Å². The first-order chi connectivity index (χ1) is 14.1. The van der Waals surface area contributed by atoms with Gasteiger partial charge in [-0.3, -0.25) is 4.79 Å². The summed E-state index contributed by atoms with van der Waals surface area (Å²) in [5.74, 6) is 1.31. The van der Waals surface area contributed by atoms with E-state index >= 15 is 0 Å². The van der Waals surface area contributed by atoms with Crippen LogP contribution in [-0.4, -0.2) is 33.0 Å². The number of rotatable bonds is 7. The smallest absolute Gasteiger partial charge is 0.237 e. The molecule has 1 atom stereocenters. The molecule has 148 valence electrons. The third-order valence-electron chi connectivity index (χ3n) is 4.34. The van der Waals surface area contributed by atoms with Crippen molar-refractivity contribution < 1.29 is 9.53 Å². The second-order valence-electron chi connectivity index (χ2n) is 6.19. The van der Waals surface area contributed by atoms with Gasteiger partial charge >= 0.3 is 0 Å². The maximum atomic E-state index is 12.6. The van der Waals surface area contributed by atoms with Gasteiger partial charge < -0.3 is 14.6 Å². The summed E-state index contributed by atoms with van der Waals surface area (Å²) in [5.41, 5.74) is 1.85. The number of benzene rings is 2. The van der Waals surface area contributed by atoms with Gasteiger partial charge in [0.05, 0.1) is 23.6 Å². The van der Waals surface area contributed by atoms with Crippen molar-refractivity contribution in [3.63, 3.8) is 0 Å². The number of amides is 1. The molecular weight excluding hydrogens is 386 g/mol. The molecule has 1 aromatic heterocycles. The Balaban J connectivity index is 1.76. The minimum Gasteiger partial charge on any atom is -0.497 e. The van der Waals surface area contributed by atoms with E-state index in [1.807, 2.05) is 35.8 Å². The molecule has 0 saturated heterocycles. The summed E-state index contributed by atoms with van der Waals surface area (Å²) >= 11 is 1.33. The lowest BCUT2D eigenvalue weighted by atomic mass is 10.2. The fourth-order valence-electron chi connectivity index (χ4n) is 2.75. The first-order valence-electron chi connectivity index (χ1n) is 9.11. The minimum atomic E-state index is -0.417. The van der Waals surface area contributed by atoms with Gasteiger partial charge in [-0.1, -0.05) is 23.9 Å². The molecule has 8 heteroatoms. The van der Waals surface area contributed by atoms with Crippen LogP contribution in [0.25, 0.3) is 11.4 Å². The Morgan fingerprint density at radius 3 is 2.62 bits per heavy atom. The van der Waals surface area contributed by atoms with E-state index < -0.39 is 5.25 Å². The van der Waals surface area contributed by atoms with Gasteiger partial charge in [-0.15, -0.1) is 10.2 Å². The van der Waals surface area contributed by atoms with E-state index in [0.29, 0.717) is 23.0 Å². The largest absolute Gasteiger partial charge is 0.497 e. The highest BCUT2D eigenvalue weighted by Crippen LogP contribution is 2.28. The monoisotopic (exact) mass is 407 g/mol. The minimum absolute atomic E-state index is 0.200. The lowest BCUT2D eigenvalue weighted by molar-refractivity contribution is -0.115. The van der Waals surface area contributed by atoms with Gasteiger partial charge in [0.1, 0.15) is 11.8 Å². The maximum Gasteiger partial charge on any atom is 0.237 e. The number of carbonyl (C=O) groups is 1. The van der Waals surface area contributed by atoms with E-state index in [1.165, 1.54) is 11.8 Å². The van der Waals surface area contributed by atoms with Crippen molar-refractivity contribution in [2.45, 2.75) is 30.8 Å². The summed E-state index contributed by atoms with van der Waals surface area (Å²) in [6, 6.07) is 16.6. The zero-order valence-corrected chi connectivity index (χ0v) is 17.2. The number of hydrogen-bond donors (Lipinski definition) is 1. The van der Waals surface area contributed by atoms with Crippen molar-refractivity contribution in [2.75, 3.05) is 12.4 Å². The Hall–Kier alpha value is -3.31. The van der Waals surface area contributed by atoms with Crippen molar-refractivity contribution in [3.8, 4) is 23.2 Å².